The molecule has 0 bridgehead atoms. The van der Waals surface area contributed by atoms with Gasteiger partial charge in [-0.1, -0.05) is 18.2 Å². The molecule has 0 spiro atoms. The molecule has 1 N–H and O–H groups in total. The maximum Gasteiger partial charge on any atom is 0.140 e. The number of thiophene rings is 1. The van der Waals surface area contributed by atoms with Gasteiger partial charge in [0.15, 0.2) is 0 Å². The first-order chi connectivity index (χ1) is 15.1. The topological polar surface area (TPSA) is 40.1 Å². The zero-order valence-corrected chi connectivity index (χ0v) is 19.9. The summed E-state index contributed by atoms with van der Waals surface area (Å²) in [5.74, 6) is 0.723. The van der Waals surface area contributed by atoms with Crippen molar-refractivity contribution in [2.24, 2.45) is 4.99 Å². The van der Waals surface area contributed by atoms with Crippen molar-refractivity contribution < 1.29 is 9.13 Å². The van der Waals surface area contributed by atoms with Gasteiger partial charge in [0.25, 0.3) is 0 Å². The quantitative estimate of drug-likeness (QED) is 0.497. The number of rotatable bonds is 4. The molecule has 0 saturated carbocycles. The molecule has 5 nitrogen and oxygen atoms in total. The summed E-state index contributed by atoms with van der Waals surface area (Å²) >= 11 is 1.70. The highest BCUT2D eigenvalue weighted by atomic mass is 35.5. The van der Waals surface area contributed by atoms with Crippen molar-refractivity contribution in [2.75, 3.05) is 45.7 Å². The summed E-state index contributed by atoms with van der Waals surface area (Å²) < 4.78 is 20.5. The first-order valence-electron chi connectivity index (χ1n) is 10.8. The molecule has 1 saturated heterocycles. The van der Waals surface area contributed by atoms with E-state index in [1.165, 1.54) is 22.2 Å². The zero-order chi connectivity index (χ0) is 21.4. The Bertz CT molecular complexity index is 1130. The Balaban J connectivity index is 0.00000245. The van der Waals surface area contributed by atoms with E-state index in [9.17, 15) is 4.39 Å². The van der Waals surface area contributed by atoms with Crippen molar-refractivity contribution in [1.82, 2.24) is 9.80 Å². The molecule has 5 rings (SSSR count). The average Bonchev–Trinajstić information content (AvgIpc) is 3.04. The molecule has 2 aliphatic heterocycles. The van der Waals surface area contributed by atoms with Gasteiger partial charge in [-0.15, -0.1) is 23.7 Å². The van der Waals surface area contributed by atoms with Gasteiger partial charge in [-0.3, -0.25) is 4.90 Å². The lowest BCUT2D eigenvalue weighted by Crippen LogP contribution is -2.53. The number of halogens is 2. The number of fused-ring (bicyclic) bond motifs is 4. The number of benzene rings is 2. The lowest BCUT2D eigenvalue weighted by molar-refractivity contribution is 0.119. The monoisotopic (exact) mass is 474 g/mol. The molecule has 2 aliphatic rings. The smallest absolute Gasteiger partial charge is 0.140 e. The van der Waals surface area contributed by atoms with Crippen LogP contribution in [-0.4, -0.2) is 62.1 Å². The highest BCUT2D eigenvalue weighted by Crippen LogP contribution is 2.43. The normalized spacial score (nSPS) is 18.3. The second-order valence-electron chi connectivity index (χ2n) is 8.24. The van der Waals surface area contributed by atoms with Crippen molar-refractivity contribution >= 4 is 56.0 Å². The van der Waals surface area contributed by atoms with Gasteiger partial charge in [0.05, 0.1) is 16.9 Å². The van der Waals surface area contributed by atoms with E-state index < -0.39 is 0 Å². The molecule has 32 heavy (non-hydrogen) atoms. The second-order valence-corrected chi connectivity index (χ2v) is 9.29. The molecule has 1 aromatic heterocycles. The Labute approximate surface area is 198 Å². The molecule has 0 unspecified atom stereocenters. The number of hydrogen-bond donors (Lipinski definition) is 1. The third-order valence-corrected chi connectivity index (χ3v) is 7.30. The van der Waals surface area contributed by atoms with Crippen LogP contribution in [0.4, 0.5) is 20.8 Å². The fourth-order valence-corrected chi connectivity index (χ4v) is 5.61. The second kappa shape index (κ2) is 9.75. The number of likely N-dealkylation sites (N-methyl/N-ethyl adjacent to an activating group) is 1. The van der Waals surface area contributed by atoms with Gasteiger partial charge in [0.2, 0.25) is 0 Å². The van der Waals surface area contributed by atoms with E-state index in [4.69, 9.17) is 9.73 Å². The van der Waals surface area contributed by atoms with E-state index in [0.717, 1.165) is 61.2 Å². The van der Waals surface area contributed by atoms with Gasteiger partial charge < -0.3 is 15.0 Å². The number of piperazine rings is 1. The number of hydrogen-bond acceptors (Lipinski definition) is 6. The number of aliphatic imine (C=N–C) groups is 1. The SMILES string of the molecule is COCCC[C@H]1CN(C2=Nc3ccc(F)cc3Nc3sc4ccccc4c32)CCN1C.Cl. The third-order valence-electron chi connectivity index (χ3n) is 6.21. The maximum atomic E-state index is 14.0. The van der Waals surface area contributed by atoms with Crippen LogP contribution in [0.3, 0.4) is 0 Å². The van der Waals surface area contributed by atoms with Gasteiger partial charge in [0, 0.05) is 49.5 Å². The van der Waals surface area contributed by atoms with Gasteiger partial charge in [0.1, 0.15) is 16.7 Å². The summed E-state index contributed by atoms with van der Waals surface area (Å²) in [6, 6.07) is 13.7. The summed E-state index contributed by atoms with van der Waals surface area (Å²) in [6.45, 7) is 3.60. The number of amidine groups is 1. The lowest BCUT2D eigenvalue weighted by Gasteiger charge is -2.41. The summed E-state index contributed by atoms with van der Waals surface area (Å²) in [5.41, 5.74) is 2.62. The molecule has 1 fully saturated rings. The summed E-state index contributed by atoms with van der Waals surface area (Å²) in [6.07, 6.45) is 2.13. The van der Waals surface area contributed by atoms with Gasteiger partial charge in [-0.25, -0.2) is 9.38 Å². The molecule has 1 atom stereocenters. The van der Waals surface area contributed by atoms with Crippen LogP contribution >= 0.6 is 23.7 Å². The number of nitrogens with zero attached hydrogens (tertiary/aromatic N) is 3. The number of nitrogens with one attached hydrogen (secondary N) is 1. The predicted molar refractivity (Wildman–Crippen MR) is 134 cm³/mol. The first kappa shape index (κ1) is 23.0. The van der Waals surface area contributed by atoms with Crippen LogP contribution < -0.4 is 5.32 Å². The average molecular weight is 475 g/mol. The van der Waals surface area contributed by atoms with Crippen molar-refractivity contribution in [3.8, 4) is 0 Å². The van der Waals surface area contributed by atoms with Crippen LogP contribution in [0.2, 0.25) is 0 Å². The van der Waals surface area contributed by atoms with Crippen LogP contribution in [0.25, 0.3) is 10.1 Å². The van der Waals surface area contributed by atoms with Gasteiger partial charge in [-0.2, -0.15) is 0 Å². The highest BCUT2D eigenvalue weighted by molar-refractivity contribution is 7.23. The fourth-order valence-electron chi connectivity index (χ4n) is 4.50. The number of ether oxygens (including phenoxy) is 1. The largest absolute Gasteiger partial charge is 0.385 e. The van der Waals surface area contributed by atoms with Crippen LogP contribution in [-0.2, 0) is 4.74 Å². The number of anilines is 2. The van der Waals surface area contributed by atoms with Crippen molar-refractivity contribution in [3.05, 3.63) is 53.8 Å². The number of methoxy groups -OCH3 is 1. The minimum atomic E-state index is -0.259. The first-order valence-corrected chi connectivity index (χ1v) is 11.6. The third kappa shape index (κ3) is 4.35. The summed E-state index contributed by atoms with van der Waals surface area (Å²) in [4.78, 5) is 9.95. The molecular weight excluding hydrogens is 447 g/mol. The van der Waals surface area contributed by atoms with Crippen LogP contribution in [0.15, 0.2) is 47.5 Å². The Kier molecular flexibility index (Phi) is 7.00. The van der Waals surface area contributed by atoms with Crippen molar-refractivity contribution in [2.45, 2.75) is 18.9 Å². The van der Waals surface area contributed by atoms with E-state index in [1.807, 2.05) is 0 Å². The Morgan fingerprint density at radius 1 is 1.22 bits per heavy atom. The van der Waals surface area contributed by atoms with Crippen molar-refractivity contribution in [3.63, 3.8) is 0 Å². The molecule has 0 amide bonds. The van der Waals surface area contributed by atoms with E-state index in [0.29, 0.717) is 11.7 Å². The highest BCUT2D eigenvalue weighted by Gasteiger charge is 2.31. The molecule has 170 valence electrons. The van der Waals surface area contributed by atoms with Crippen LogP contribution in [0.1, 0.15) is 18.4 Å². The Hall–Kier alpha value is -2.19. The van der Waals surface area contributed by atoms with E-state index in [1.54, 1.807) is 24.5 Å². The maximum absolute atomic E-state index is 14.0. The van der Waals surface area contributed by atoms with Crippen LogP contribution in [0, 0.1) is 5.82 Å². The molecule has 3 heterocycles. The molecule has 8 heteroatoms. The fraction of sp³-hybridized carbons (Fsp3) is 0.375. The molecule has 3 aromatic rings. The Morgan fingerprint density at radius 2 is 2.06 bits per heavy atom. The van der Waals surface area contributed by atoms with E-state index in [-0.39, 0.29) is 18.2 Å². The molecule has 0 radical (unpaired) electrons. The standard InChI is InChI=1S/C24H27FN4OS.ClH/c1-28-11-12-29(15-17(28)6-5-13-30-2)23-22-18-7-3-4-8-21(18)31-24(22)27-20-14-16(25)9-10-19(20)26-23;/h3-4,7-10,14,17,27H,5-6,11-13,15H2,1-2H3;1H/t17-;/m0./s1. The van der Waals surface area contributed by atoms with E-state index >= 15 is 0 Å². The Morgan fingerprint density at radius 3 is 2.91 bits per heavy atom. The van der Waals surface area contributed by atoms with E-state index in [2.05, 4.69) is 46.4 Å². The van der Waals surface area contributed by atoms with Gasteiger partial charge in [-0.05, 0) is 44.2 Å². The van der Waals surface area contributed by atoms with Crippen LogP contribution in [0.5, 0.6) is 0 Å². The van der Waals surface area contributed by atoms with Gasteiger partial charge >= 0.3 is 0 Å². The predicted octanol–water partition coefficient (Wildman–Crippen LogP) is 5.64. The molecule has 2 aromatic carbocycles. The zero-order valence-electron chi connectivity index (χ0n) is 18.3. The minimum absolute atomic E-state index is 0. The summed E-state index contributed by atoms with van der Waals surface area (Å²) in [7, 11) is 3.96. The minimum Gasteiger partial charge on any atom is -0.385 e. The summed E-state index contributed by atoms with van der Waals surface area (Å²) in [5, 5.41) is 5.69. The molecular formula is C24H28ClFN4OS. The lowest BCUT2D eigenvalue weighted by atomic mass is 10.0. The van der Waals surface area contributed by atoms with Crippen molar-refractivity contribution in [1.29, 1.82) is 0 Å². The molecule has 0 aliphatic carbocycles.